The van der Waals surface area contributed by atoms with Gasteiger partial charge in [0.05, 0.1) is 0 Å². The summed E-state index contributed by atoms with van der Waals surface area (Å²) in [5.41, 5.74) is 0. The van der Waals surface area contributed by atoms with Gasteiger partial charge in [-0.3, -0.25) is 0 Å². The summed E-state index contributed by atoms with van der Waals surface area (Å²) in [7, 11) is 0. The van der Waals surface area contributed by atoms with Crippen LogP contribution in [-0.4, -0.2) is 38.9 Å². The van der Waals surface area contributed by atoms with Crippen molar-refractivity contribution in [3.63, 3.8) is 0 Å². The zero-order valence-electron chi connectivity index (χ0n) is 8.64. The molecule has 0 atom stereocenters. The lowest BCUT2D eigenvalue weighted by atomic mass is 10.1. The highest BCUT2D eigenvalue weighted by Crippen LogP contribution is 2.04. The van der Waals surface area contributed by atoms with Crippen LogP contribution in [0.2, 0.25) is 0 Å². The normalized spacial score (nSPS) is 19.2. The van der Waals surface area contributed by atoms with E-state index in [0.29, 0.717) is 6.04 Å². The van der Waals surface area contributed by atoms with Gasteiger partial charge in [0.25, 0.3) is 0 Å². The Morgan fingerprint density at radius 1 is 1.15 bits per heavy atom. The molecule has 0 radical (unpaired) electrons. The minimum atomic E-state index is 0.692. The molecule has 1 aliphatic heterocycles. The molecule has 0 bridgehead atoms. The van der Waals surface area contributed by atoms with Crippen LogP contribution < -0.4 is 10.6 Å². The molecule has 1 fully saturated rings. The summed E-state index contributed by atoms with van der Waals surface area (Å²) in [6, 6.07) is 0.692. The molecule has 0 aromatic rings. The first-order chi connectivity index (χ1) is 6.43. The van der Waals surface area contributed by atoms with Crippen LogP contribution in [0.3, 0.4) is 0 Å². The minimum absolute atomic E-state index is 0.692. The third-order valence-corrected chi connectivity index (χ3v) is 2.38. The molecule has 1 heterocycles. The summed E-state index contributed by atoms with van der Waals surface area (Å²) in [4.78, 5) is 0. The Morgan fingerprint density at radius 3 is 2.62 bits per heavy atom. The standard InChI is InChI=1S/C10H22N2O/c1-2-5-11-6-7-12-10-3-8-13-9-4-10/h10-12H,2-9H2,1H3. The Kier molecular flexibility index (Phi) is 6.15. The fraction of sp³-hybridized carbons (Fsp3) is 1.00. The predicted molar refractivity (Wildman–Crippen MR) is 55.0 cm³/mol. The van der Waals surface area contributed by atoms with E-state index in [1.165, 1.54) is 19.3 Å². The van der Waals surface area contributed by atoms with Crippen molar-refractivity contribution in [3.8, 4) is 0 Å². The number of hydrogen-bond donors (Lipinski definition) is 2. The zero-order valence-corrected chi connectivity index (χ0v) is 8.64. The predicted octanol–water partition coefficient (Wildman–Crippen LogP) is 0.755. The Morgan fingerprint density at radius 2 is 1.92 bits per heavy atom. The van der Waals surface area contributed by atoms with Crippen molar-refractivity contribution >= 4 is 0 Å². The van der Waals surface area contributed by atoms with E-state index in [1.54, 1.807) is 0 Å². The summed E-state index contributed by atoms with van der Waals surface area (Å²) < 4.78 is 5.29. The third-order valence-electron chi connectivity index (χ3n) is 2.38. The first-order valence-electron chi connectivity index (χ1n) is 5.45. The second-order valence-electron chi connectivity index (χ2n) is 3.59. The van der Waals surface area contributed by atoms with E-state index in [1.807, 2.05) is 0 Å². The van der Waals surface area contributed by atoms with Crippen molar-refractivity contribution in [2.45, 2.75) is 32.2 Å². The highest BCUT2D eigenvalue weighted by atomic mass is 16.5. The van der Waals surface area contributed by atoms with Crippen LogP contribution in [0.25, 0.3) is 0 Å². The van der Waals surface area contributed by atoms with Crippen molar-refractivity contribution in [1.82, 2.24) is 10.6 Å². The van der Waals surface area contributed by atoms with Crippen LogP contribution in [0.4, 0.5) is 0 Å². The summed E-state index contributed by atoms with van der Waals surface area (Å²) in [6.45, 7) is 7.37. The van der Waals surface area contributed by atoms with E-state index in [0.717, 1.165) is 32.8 Å². The molecule has 0 unspecified atom stereocenters. The molecule has 3 heteroatoms. The molecule has 0 saturated carbocycles. The zero-order chi connectivity index (χ0) is 9.36. The SMILES string of the molecule is CCCNCCNC1CCOCC1. The van der Waals surface area contributed by atoms with E-state index in [4.69, 9.17) is 4.74 Å². The van der Waals surface area contributed by atoms with E-state index in [2.05, 4.69) is 17.6 Å². The summed E-state index contributed by atoms with van der Waals surface area (Å²) >= 11 is 0. The van der Waals surface area contributed by atoms with Gasteiger partial charge in [-0.25, -0.2) is 0 Å². The van der Waals surface area contributed by atoms with Gasteiger partial charge in [0, 0.05) is 32.3 Å². The molecule has 0 spiro atoms. The average molecular weight is 186 g/mol. The molecule has 0 amide bonds. The van der Waals surface area contributed by atoms with Crippen LogP contribution >= 0.6 is 0 Å². The molecule has 1 aliphatic rings. The Balaban J connectivity index is 1.86. The highest BCUT2D eigenvalue weighted by molar-refractivity contribution is 4.70. The first kappa shape index (κ1) is 11.0. The third kappa shape index (κ3) is 5.24. The molecule has 78 valence electrons. The first-order valence-corrected chi connectivity index (χ1v) is 5.45. The fourth-order valence-electron chi connectivity index (χ4n) is 1.57. The van der Waals surface area contributed by atoms with Crippen molar-refractivity contribution in [2.75, 3.05) is 32.8 Å². The number of rotatable bonds is 6. The van der Waals surface area contributed by atoms with Crippen LogP contribution in [0, 0.1) is 0 Å². The lowest BCUT2D eigenvalue weighted by Crippen LogP contribution is -2.38. The van der Waals surface area contributed by atoms with Gasteiger partial charge in [0.1, 0.15) is 0 Å². The molecule has 2 N–H and O–H groups in total. The average Bonchev–Trinajstić information content (AvgIpc) is 2.19. The van der Waals surface area contributed by atoms with Gasteiger partial charge in [-0.1, -0.05) is 6.92 Å². The lowest BCUT2D eigenvalue weighted by Gasteiger charge is -2.23. The van der Waals surface area contributed by atoms with E-state index in [9.17, 15) is 0 Å². The quantitative estimate of drug-likeness (QED) is 0.601. The summed E-state index contributed by atoms with van der Waals surface area (Å²) in [5, 5.41) is 6.92. The molecule has 0 aromatic carbocycles. The second-order valence-corrected chi connectivity index (χ2v) is 3.59. The largest absolute Gasteiger partial charge is 0.381 e. The maximum Gasteiger partial charge on any atom is 0.0480 e. The Bertz CT molecular complexity index is 113. The van der Waals surface area contributed by atoms with Crippen LogP contribution in [0.15, 0.2) is 0 Å². The highest BCUT2D eigenvalue weighted by Gasteiger charge is 2.11. The van der Waals surface area contributed by atoms with Crippen molar-refractivity contribution < 1.29 is 4.74 Å². The molecular formula is C10H22N2O. The topological polar surface area (TPSA) is 33.3 Å². The number of ether oxygens (including phenoxy) is 1. The maximum absolute atomic E-state index is 5.29. The van der Waals surface area contributed by atoms with Crippen molar-refractivity contribution in [1.29, 1.82) is 0 Å². The van der Waals surface area contributed by atoms with Crippen molar-refractivity contribution in [2.24, 2.45) is 0 Å². The van der Waals surface area contributed by atoms with E-state index >= 15 is 0 Å². The van der Waals surface area contributed by atoms with E-state index < -0.39 is 0 Å². The van der Waals surface area contributed by atoms with Gasteiger partial charge >= 0.3 is 0 Å². The molecule has 0 aromatic heterocycles. The lowest BCUT2D eigenvalue weighted by molar-refractivity contribution is 0.0782. The molecule has 13 heavy (non-hydrogen) atoms. The van der Waals surface area contributed by atoms with E-state index in [-0.39, 0.29) is 0 Å². The monoisotopic (exact) mass is 186 g/mol. The smallest absolute Gasteiger partial charge is 0.0480 e. The van der Waals surface area contributed by atoms with Gasteiger partial charge in [-0.15, -0.1) is 0 Å². The molecule has 1 saturated heterocycles. The summed E-state index contributed by atoms with van der Waals surface area (Å²) in [6.07, 6.45) is 3.57. The molecule has 3 nitrogen and oxygen atoms in total. The van der Waals surface area contributed by atoms with Gasteiger partial charge in [0.15, 0.2) is 0 Å². The van der Waals surface area contributed by atoms with Gasteiger partial charge in [0.2, 0.25) is 0 Å². The molecule has 0 aliphatic carbocycles. The van der Waals surface area contributed by atoms with Crippen LogP contribution in [-0.2, 0) is 4.74 Å². The fourth-order valence-corrected chi connectivity index (χ4v) is 1.57. The minimum Gasteiger partial charge on any atom is -0.381 e. The van der Waals surface area contributed by atoms with Gasteiger partial charge in [-0.05, 0) is 25.8 Å². The summed E-state index contributed by atoms with van der Waals surface area (Å²) in [5.74, 6) is 0. The number of hydrogen-bond acceptors (Lipinski definition) is 3. The second kappa shape index (κ2) is 7.30. The molecule has 1 rings (SSSR count). The molecular weight excluding hydrogens is 164 g/mol. The van der Waals surface area contributed by atoms with Crippen LogP contribution in [0.1, 0.15) is 26.2 Å². The maximum atomic E-state index is 5.29. The van der Waals surface area contributed by atoms with Crippen LogP contribution in [0.5, 0.6) is 0 Å². The Hall–Kier alpha value is -0.120. The van der Waals surface area contributed by atoms with Gasteiger partial charge < -0.3 is 15.4 Å². The van der Waals surface area contributed by atoms with Gasteiger partial charge in [-0.2, -0.15) is 0 Å². The Labute approximate surface area is 81.2 Å². The number of nitrogens with one attached hydrogen (secondary N) is 2. The van der Waals surface area contributed by atoms with Crippen molar-refractivity contribution in [3.05, 3.63) is 0 Å².